The van der Waals surface area contributed by atoms with E-state index < -0.39 is 11.9 Å². The number of benzene rings is 1. The number of carbonyl (C=O) groups excluding carboxylic acids is 3. The molecule has 1 rings (SSSR count). The van der Waals surface area contributed by atoms with Crippen molar-refractivity contribution in [2.45, 2.75) is 6.92 Å². The molecule has 20 heavy (non-hydrogen) atoms. The second-order valence-corrected chi connectivity index (χ2v) is 3.80. The van der Waals surface area contributed by atoms with Crippen molar-refractivity contribution < 1.29 is 23.9 Å². The van der Waals surface area contributed by atoms with Gasteiger partial charge in [-0.05, 0) is 30.7 Å². The Morgan fingerprint density at radius 1 is 1.15 bits per heavy atom. The molecule has 0 aromatic heterocycles. The molecule has 0 spiro atoms. The third-order valence-electron chi connectivity index (χ3n) is 2.36. The van der Waals surface area contributed by atoms with Gasteiger partial charge in [-0.15, -0.1) is 0 Å². The minimum Gasteiger partial charge on any atom is -0.465 e. The zero-order valence-electron chi connectivity index (χ0n) is 11.2. The van der Waals surface area contributed by atoms with E-state index in [0.29, 0.717) is 11.3 Å². The van der Waals surface area contributed by atoms with Gasteiger partial charge in [-0.25, -0.2) is 9.59 Å². The first-order valence-corrected chi connectivity index (χ1v) is 5.73. The van der Waals surface area contributed by atoms with Gasteiger partial charge >= 0.3 is 11.9 Å². The largest absolute Gasteiger partial charge is 0.465 e. The first kappa shape index (κ1) is 15.4. The van der Waals surface area contributed by atoms with Gasteiger partial charge in [-0.3, -0.25) is 4.79 Å². The van der Waals surface area contributed by atoms with Gasteiger partial charge in [0.25, 0.3) is 0 Å². The molecular weight excluding hydrogens is 260 g/mol. The number of methoxy groups -OCH3 is 1. The van der Waals surface area contributed by atoms with E-state index in [0.717, 1.165) is 6.08 Å². The fraction of sp³-hybridized carbons (Fsp3) is 0.133. The molecule has 0 atom stereocenters. The van der Waals surface area contributed by atoms with Crippen molar-refractivity contribution in [2.75, 3.05) is 7.11 Å². The number of hydrogen-bond acceptors (Lipinski definition) is 5. The maximum atomic E-state index is 11.4. The lowest BCUT2D eigenvalue weighted by molar-refractivity contribution is -0.137. The molecule has 0 bridgehead atoms. The number of rotatable bonds is 5. The summed E-state index contributed by atoms with van der Waals surface area (Å²) in [5.74, 6) is -1.31. The summed E-state index contributed by atoms with van der Waals surface area (Å²) in [4.78, 5) is 33.8. The lowest BCUT2D eigenvalue weighted by Gasteiger charge is -2.03. The summed E-state index contributed by atoms with van der Waals surface area (Å²) < 4.78 is 9.43. The van der Waals surface area contributed by atoms with Crippen LogP contribution in [0.3, 0.4) is 0 Å². The topological polar surface area (TPSA) is 69.7 Å². The molecule has 0 aliphatic carbocycles. The molecule has 1 aromatic carbocycles. The molecule has 0 saturated heterocycles. The zero-order chi connectivity index (χ0) is 15.1. The number of Topliss-reactive ketones (excluding diaryl/α,β-unsaturated/α-hetero) is 1. The standard InChI is InChI=1S/C15H14O5/c1-4-14(17)20-12-7-5-11(6-8-12)9-13(10(2)16)15(18)19-3/h4-9H,1H2,2-3H3/b13-9-. The summed E-state index contributed by atoms with van der Waals surface area (Å²) in [6.07, 6.45) is 2.46. The van der Waals surface area contributed by atoms with Crippen LogP contribution in [0.15, 0.2) is 42.5 Å². The highest BCUT2D eigenvalue weighted by Crippen LogP contribution is 2.15. The predicted molar refractivity (Wildman–Crippen MR) is 72.9 cm³/mol. The third kappa shape index (κ3) is 4.20. The fourth-order valence-corrected chi connectivity index (χ4v) is 1.37. The van der Waals surface area contributed by atoms with Crippen LogP contribution in [0.5, 0.6) is 5.75 Å². The van der Waals surface area contributed by atoms with Crippen LogP contribution in [-0.4, -0.2) is 24.8 Å². The van der Waals surface area contributed by atoms with Crippen molar-refractivity contribution in [2.24, 2.45) is 0 Å². The third-order valence-corrected chi connectivity index (χ3v) is 2.36. The van der Waals surface area contributed by atoms with Crippen LogP contribution in [0, 0.1) is 0 Å². The van der Waals surface area contributed by atoms with E-state index >= 15 is 0 Å². The van der Waals surface area contributed by atoms with Crippen molar-refractivity contribution in [3.63, 3.8) is 0 Å². The van der Waals surface area contributed by atoms with E-state index in [9.17, 15) is 14.4 Å². The maximum Gasteiger partial charge on any atom is 0.341 e. The van der Waals surface area contributed by atoms with Crippen LogP contribution in [-0.2, 0) is 19.1 Å². The van der Waals surface area contributed by atoms with Crippen molar-refractivity contribution in [1.29, 1.82) is 0 Å². The molecule has 0 aliphatic rings. The second-order valence-electron chi connectivity index (χ2n) is 3.80. The molecule has 0 N–H and O–H groups in total. The van der Waals surface area contributed by atoms with Crippen LogP contribution in [0.25, 0.3) is 6.08 Å². The summed E-state index contributed by atoms with van der Waals surface area (Å²) in [5, 5.41) is 0. The number of ether oxygens (including phenoxy) is 2. The summed E-state index contributed by atoms with van der Waals surface area (Å²) in [6, 6.07) is 6.31. The van der Waals surface area contributed by atoms with Gasteiger partial charge in [0.05, 0.1) is 7.11 Å². The SMILES string of the molecule is C=CC(=O)Oc1ccc(/C=C(/C(C)=O)C(=O)OC)cc1. The average Bonchev–Trinajstić information content (AvgIpc) is 2.45. The molecule has 0 unspecified atom stereocenters. The highest BCUT2D eigenvalue weighted by atomic mass is 16.5. The Morgan fingerprint density at radius 2 is 1.75 bits per heavy atom. The Balaban J connectivity index is 2.97. The van der Waals surface area contributed by atoms with E-state index in [1.807, 2.05) is 0 Å². The molecule has 1 aromatic rings. The van der Waals surface area contributed by atoms with Gasteiger partial charge in [0.2, 0.25) is 0 Å². The number of esters is 2. The maximum absolute atomic E-state index is 11.4. The summed E-state index contributed by atoms with van der Waals surface area (Å²) in [5.41, 5.74) is 0.558. The Morgan fingerprint density at radius 3 is 2.20 bits per heavy atom. The monoisotopic (exact) mass is 274 g/mol. The van der Waals surface area contributed by atoms with E-state index in [1.54, 1.807) is 24.3 Å². The molecule has 104 valence electrons. The number of carbonyl (C=O) groups is 3. The molecule has 5 nitrogen and oxygen atoms in total. The smallest absolute Gasteiger partial charge is 0.341 e. The van der Waals surface area contributed by atoms with Crippen molar-refractivity contribution in [3.05, 3.63) is 48.1 Å². The van der Waals surface area contributed by atoms with Gasteiger partial charge in [0.15, 0.2) is 5.78 Å². The van der Waals surface area contributed by atoms with Crippen LogP contribution in [0.4, 0.5) is 0 Å². The summed E-state index contributed by atoms with van der Waals surface area (Å²) in [6.45, 7) is 4.57. The fourth-order valence-electron chi connectivity index (χ4n) is 1.37. The molecule has 0 aliphatic heterocycles. The number of ketones is 1. The Kier molecular flexibility index (Phi) is 5.41. The van der Waals surface area contributed by atoms with Gasteiger partial charge in [0, 0.05) is 6.08 Å². The Labute approximate surface area is 116 Å². The van der Waals surface area contributed by atoms with Gasteiger partial charge < -0.3 is 9.47 Å². The molecule has 5 heteroatoms. The zero-order valence-corrected chi connectivity index (χ0v) is 11.2. The van der Waals surface area contributed by atoms with E-state index in [-0.39, 0.29) is 11.4 Å². The van der Waals surface area contributed by atoms with E-state index in [4.69, 9.17) is 4.74 Å². The predicted octanol–water partition coefficient (Wildman–Crippen LogP) is 1.92. The lowest BCUT2D eigenvalue weighted by atomic mass is 10.1. The van der Waals surface area contributed by atoms with Crippen LogP contribution in [0.2, 0.25) is 0 Å². The molecule has 0 saturated carbocycles. The molecule has 0 amide bonds. The number of hydrogen-bond donors (Lipinski definition) is 0. The highest BCUT2D eigenvalue weighted by Gasteiger charge is 2.14. The minimum absolute atomic E-state index is 0.0525. The molecule has 0 fully saturated rings. The highest BCUT2D eigenvalue weighted by molar-refractivity contribution is 6.19. The second kappa shape index (κ2) is 7.04. The first-order chi connectivity index (χ1) is 9.47. The summed E-state index contributed by atoms with van der Waals surface area (Å²) >= 11 is 0. The summed E-state index contributed by atoms with van der Waals surface area (Å²) in [7, 11) is 1.21. The van der Waals surface area contributed by atoms with E-state index in [1.165, 1.54) is 20.1 Å². The molecular formula is C15H14O5. The Bertz CT molecular complexity index is 566. The normalized spacial score (nSPS) is 10.6. The quantitative estimate of drug-likeness (QED) is 0.270. The molecule has 0 radical (unpaired) electrons. The van der Waals surface area contributed by atoms with Crippen LogP contribution >= 0.6 is 0 Å². The molecule has 0 heterocycles. The van der Waals surface area contributed by atoms with E-state index in [2.05, 4.69) is 11.3 Å². The van der Waals surface area contributed by atoms with Crippen molar-refractivity contribution >= 4 is 23.8 Å². The van der Waals surface area contributed by atoms with Gasteiger partial charge in [-0.1, -0.05) is 18.7 Å². The van der Waals surface area contributed by atoms with Crippen molar-refractivity contribution in [3.8, 4) is 5.75 Å². The van der Waals surface area contributed by atoms with Crippen LogP contribution in [0.1, 0.15) is 12.5 Å². The van der Waals surface area contributed by atoms with Gasteiger partial charge in [-0.2, -0.15) is 0 Å². The average molecular weight is 274 g/mol. The van der Waals surface area contributed by atoms with Crippen LogP contribution < -0.4 is 4.74 Å². The Hall–Kier alpha value is -2.69. The van der Waals surface area contributed by atoms with Crippen molar-refractivity contribution in [1.82, 2.24) is 0 Å². The first-order valence-electron chi connectivity index (χ1n) is 5.73. The lowest BCUT2D eigenvalue weighted by Crippen LogP contribution is -2.11. The van der Waals surface area contributed by atoms with Gasteiger partial charge in [0.1, 0.15) is 11.3 Å². The minimum atomic E-state index is -0.695.